The number of aliphatic hydroxyl groups is 1. The van der Waals surface area contributed by atoms with E-state index in [-0.39, 0.29) is 19.4 Å². The van der Waals surface area contributed by atoms with Gasteiger partial charge in [0.1, 0.15) is 0 Å². The SMILES string of the molecule is OCC(NC1CCCCC1)c1cc(Cl)c2c(c1)OCO2. The molecule has 1 aliphatic carbocycles. The molecule has 3 rings (SSSR count). The van der Waals surface area contributed by atoms with Crippen LogP contribution in [0.4, 0.5) is 0 Å². The minimum Gasteiger partial charge on any atom is -0.454 e. The van der Waals surface area contributed by atoms with Gasteiger partial charge >= 0.3 is 0 Å². The second-order valence-electron chi connectivity index (χ2n) is 5.47. The lowest BCUT2D eigenvalue weighted by atomic mass is 9.94. The molecule has 0 amide bonds. The van der Waals surface area contributed by atoms with Gasteiger partial charge in [0, 0.05) is 6.04 Å². The summed E-state index contributed by atoms with van der Waals surface area (Å²) in [5, 5.41) is 13.7. The molecule has 0 saturated heterocycles. The van der Waals surface area contributed by atoms with Gasteiger partial charge in [0.2, 0.25) is 6.79 Å². The first kappa shape index (κ1) is 14.0. The van der Waals surface area contributed by atoms with Gasteiger partial charge in [-0.1, -0.05) is 30.9 Å². The van der Waals surface area contributed by atoms with Crippen LogP contribution in [0.2, 0.25) is 5.02 Å². The summed E-state index contributed by atoms with van der Waals surface area (Å²) in [7, 11) is 0. The Labute approximate surface area is 124 Å². The largest absolute Gasteiger partial charge is 0.454 e. The standard InChI is InChI=1S/C15H20ClNO3/c16-12-6-10(7-14-15(12)20-9-19-14)13(8-18)17-11-4-2-1-3-5-11/h6-7,11,13,17-18H,1-5,8-9H2. The van der Waals surface area contributed by atoms with Crippen LogP contribution in [0.25, 0.3) is 0 Å². The van der Waals surface area contributed by atoms with Crippen molar-refractivity contribution in [2.24, 2.45) is 0 Å². The number of nitrogens with one attached hydrogen (secondary N) is 1. The molecule has 4 nitrogen and oxygen atoms in total. The molecule has 2 N–H and O–H groups in total. The van der Waals surface area contributed by atoms with E-state index in [2.05, 4.69) is 5.32 Å². The van der Waals surface area contributed by atoms with Gasteiger partial charge in [0.25, 0.3) is 0 Å². The van der Waals surface area contributed by atoms with Crippen LogP contribution in [0.5, 0.6) is 11.5 Å². The van der Waals surface area contributed by atoms with Crippen LogP contribution in [-0.2, 0) is 0 Å². The zero-order valence-corrected chi connectivity index (χ0v) is 12.2. The second kappa shape index (κ2) is 6.20. The first-order chi connectivity index (χ1) is 9.78. The third kappa shape index (κ3) is 2.87. The Bertz CT molecular complexity index is 474. The van der Waals surface area contributed by atoms with E-state index in [0.29, 0.717) is 22.6 Å². The van der Waals surface area contributed by atoms with Crippen LogP contribution in [0, 0.1) is 0 Å². The maximum Gasteiger partial charge on any atom is 0.231 e. The number of ether oxygens (including phenoxy) is 2. The average molecular weight is 298 g/mol. The van der Waals surface area contributed by atoms with E-state index in [4.69, 9.17) is 21.1 Å². The van der Waals surface area contributed by atoms with E-state index in [1.165, 1.54) is 32.1 Å². The fraction of sp³-hybridized carbons (Fsp3) is 0.600. The van der Waals surface area contributed by atoms with Crippen LogP contribution in [-0.4, -0.2) is 24.5 Å². The van der Waals surface area contributed by atoms with Gasteiger partial charge in [0.05, 0.1) is 17.7 Å². The number of benzene rings is 1. The van der Waals surface area contributed by atoms with E-state index < -0.39 is 0 Å². The van der Waals surface area contributed by atoms with Crippen molar-refractivity contribution >= 4 is 11.6 Å². The van der Waals surface area contributed by atoms with E-state index in [1.807, 2.05) is 12.1 Å². The molecule has 1 aliphatic heterocycles. The number of halogens is 1. The van der Waals surface area contributed by atoms with Crippen molar-refractivity contribution in [1.82, 2.24) is 5.32 Å². The van der Waals surface area contributed by atoms with Crippen LogP contribution in [0.1, 0.15) is 43.7 Å². The number of fused-ring (bicyclic) bond motifs is 1. The summed E-state index contributed by atoms with van der Waals surface area (Å²) >= 11 is 6.20. The lowest BCUT2D eigenvalue weighted by molar-refractivity contribution is 0.174. The zero-order chi connectivity index (χ0) is 13.9. The first-order valence-corrected chi connectivity index (χ1v) is 7.61. The van der Waals surface area contributed by atoms with Crippen molar-refractivity contribution in [1.29, 1.82) is 0 Å². The van der Waals surface area contributed by atoms with Gasteiger partial charge in [-0.05, 0) is 30.5 Å². The fourth-order valence-corrected chi connectivity index (χ4v) is 3.27. The van der Waals surface area contributed by atoms with Gasteiger partial charge in [0.15, 0.2) is 11.5 Å². The van der Waals surface area contributed by atoms with Gasteiger partial charge in [-0.3, -0.25) is 0 Å². The Morgan fingerprint density at radius 3 is 2.80 bits per heavy atom. The number of hydrogen-bond acceptors (Lipinski definition) is 4. The van der Waals surface area contributed by atoms with Crippen molar-refractivity contribution < 1.29 is 14.6 Å². The summed E-state index contributed by atoms with van der Waals surface area (Å²) in [6.45, 7) is 0.255. The van der Waals surface area contributed by atoms with Crippen LogP contribution in [0.15, 0.2) is 12.1 Å². The minimum atomic E-state index is -0.106. The summed E-state index contributed by atoms with van der Waals surface area (Å²) in [6, 6.07) is 4.13. The lowest BCUT2D eigenvalue weighted by Crippen LogP contribution is -2.36. The van der Waals surface area contributed by atoms with Gasteiger partial charge < -0.3 is 19.9 Å². The average Bonchev–Trinajstić information content (AvgIpc) is 2.95. The Balaban J connectivity index is 1.76. The van der Waals surface area contributed by atoms with Crippen LogP contribution in [0.3, 0.4) is 0 Å². The monoisotopic (exact) mass is 297 g/mol. The van der Waals surface area contributed by atoms with Crippen molar-refractivity contribution in [2.45, 2.75) is 44.2 Å². The molecule has 20 heavy (non-hydrogen) atoms. The van der Waals surface area contributed by atoms with E-state index >= 15 is 0 Å². The highest BCUT2D eigenvalue weighted by Crippen LogP contribution is 2.41. The number of aliphatic hydroxyl groups excluding tert-OH is 1. The Kier molecular flexibility index (Phi) is 4.34. The summed E-state index contributed by atoms with van der Waals surface area (Å²) in [5.74, 6) is 1.26. The lowest BCUT2D eigenvalue weighted by Gasteiger charge is -2.28. The third-order valence-electron chi connectivity index (χ3n) is 4.08. The third-order valence-corrected chi connectivity index (χ3v) is 4.36. The molecule has 0 aromatic heterocycles. The van der Waals surface area contributed by atoms with Gasteiger partial charge in [-0.15, -0.1) is 0 Å². The van der Waals surface area contributed by atoms with Crippen LogP contribution < -0.4 is 14.8 Å². The normalized spacial score (nSPS) is 20.1. The molecule has 1 unspecified atom stereocenters. The molecule has 1 atom stereocenters. The molecule has 110 valence electrons. The molecule has 1 aromatic carbocycles. The molecular weight excluding hydrogens is 278 g/mol. The van der Waals surface area contributed by atoms with Gasteiger partial charge in [-0.25, -0.2) is 0 Å². The Hall–Kier alpha value is -0.970. The molecule has 2 aliphatic rings. The molecule has 0 bridgehead atoms. The molecule has 1 fully saturated rings. The zero-order valence-electron chi connectivity index (χ0n) is 11.4. The molecule has 0 radical (unpaired) electrons. The highest BCUT2D eigenvalue weighted by molar-refractivity contribution is 6.32. The summed E-state index contributed by atoms with van der Waals surface area (Å²) in [4.78, 5) is 0. The maximum absolute atomic E-state index is 9.67. The van der Waals surface area contributed by atoms with Crippen molar-refractivity contribution in [3.63, 3.8) is 0 Å². The van der Waals surface area contributed by atoms with Crippen molar-refractivity contribution in [3.05, 3.63) is 22.7 Å². The number of hydrogen-bond donors (Lipinski definition) is 2. The Morgan fingerprint density at radius 2 is 2.05 bits per heavy atom. The molecule has 0 spiro atoms. The quantitative estimate of drug-likeness (QED) is 0.897. The van der Waals surface area contributed by atoms with E-state index in [1.54, 1.807) is 0 Å². The highest BCUT2D eigenvalue weighted by Gasteiger charge is 2.23. The fourth-order valence-electron chi connectivity index (χ4n) is 3.00. The maximum atomic E-state index is 9.67. The molecule has 1 aromatic rings. The van der Waals surface area contributed by atoms with E-state index in [0.717, 1.165) is 5.56 Å². The molecular formula is C15H20ClNO3. The minimum absolute atomic E-state index is 0.0481. The highest BCUT2D eigenvalue weighted by atomic mass is 35.5. The van der Waals surface area contributed by atoms with E-state index in [9.17, 15) is 5.11 Å². The van der Waals surface area contributed by atoms with Crippen molar-refractivity contribution in [2.75, 3.05) is 13.4 Å². The molecule has 1 saturated carbocycles. The summed E-state index contributed by atoms with van der Waals surface area (Å²) in [5.41, 5.74) is 0.951. The predicted octanol–water partition coefficient (Wildman–Crippen LogP) is 3.02. The first-order valence-electron chi connectivity index (χ1n) is 7.24. The summed E-state index contributed by atoms with van der Waals surface area (Å²) < 4.78 is 10.7. The predicted molar refractivity (Wildman–Crippen MR) is 77.4 cm³/mol. The topological polar surface area (TPSA) is 50.7 Å². The van der Waals surface area contributed by atoms with Crippen molar-refractivity contribution in [3.8, 4) is 11.5 Å². The Morgan fingerprint density at radius 1 is 1.25 bits per heavy atom. The molecule has 5 heteroatoms. The summed E-state index contributed by atoms with van der Waals surface area (Å²) in [6.07, 6.45) is 6.19. The molecule has 1 heterocycles. The van der Waals surface area contributed by atoms with Gasteiger partial charge in [-0.2, -0.15) is 0 Å². The van der Waals surface area contributed by atoms with Crippen LogP contribution >= 0.6 is 11.6 Å². The number of rotatable bonds is 4. The smallest absolute Gasteiger partial charge is 0.231 e. The second-order valence-corrected chi connectivity index (χ2v) is 5.88.